The van der Waals surface area contributed by atoms with Crippen LogP contribution in [0, 0.1) is 35.5 Å². The highest BCUT2D eigenvalue weighted by atomic mass is 14.9. The first-order valence-electron chi connectivity index (χ1n) is 13.6. The third-order valence-electron chi connectivity index (χ3n) is 9.82. The van der Waals surface area contributed by atoms with Gasteiger partial charge >= 0.3 is 0 Å². The molecular formula is C28H48N2. The highest BCUT2D eigenvalue weighted by molar-refractivity contribution is 6.40. The molecule has 0 aromatic heterocycles. The van der Waals surface area contributed by atoms with Crippen LogP contribution in [-0.2, 0) is 0 Å². The lowest BCUT2D eigenvalue weighted by atomic mass is 9.64. The predicted octanol–water partition coefficient (Wildman–Crippen LogP) is 7.90. The average Bonchev–Trinajstić information content (AvgIpc) is 2.78. The fraction of sp³-hybridized carbons (Fsp3) is 0.929. The molecule has 4 aliphatic carbocycles. The van der Waals surface area contributed by atoms with Crippen molar-refractivity contribution < 1.29 is 0 Å². The van der Waals surface area contributed by atoms with E-state index in [0.29, 0.717) is 12.1 Å². The summed E-state index contributed by atoms with van der Waals surface area (Å²) in [6, 6.07) is 0.933. The Morgan fingerprint density at radius 1 is 0.533 bits per heavy atom. The zero-order valence-electron chi connectivity index (χ0n) is 20.4. The Labute approximate surface area is 186 Å². The van der Waals surface area contributed by atoms with Gasteiger partial charge in [0.1, 0.15) is 0 Å². The first-order valence-corrected chi connectivity index (χ1v) is 13.6. The van der Waals surface area contributed by atoms with Gasteiger partial charge < -0.3 is 0 Å². The van der Waals surface area contributed by atoms with Crippen molar-refractivity contribution in [2.45, 2.75) is 130 Å². The van der Waals surface area contributed by atoms with E-state index >= 15 is 0 Å². The average molecular weight is 413 g/mol. The van der Waals surface area contributed by atoms with Crippen LogP contribution in [0.15, 0.2) is 9.98 Å². The van der Waals surface area contributed by atoms with Crippen molar-refractivity contribution in [3.05, 3.63) is 0 Å². The van der Waals surface area contributed by atoms with E-state index in [2.05, 4.69) is 27.7 Å². The second-order valence-corrected chi connectivity index (χ2v) is 11.5. The lowest BCUT2D eigenvalue weighted by molar-refractivity contribution is 0.0907. The zero-order valence-corrected chi connectivity index (χ0v) is 20.4. The van der Waals surface area contributed by atoms with Crippen molar-refractivity contribution in [1.82, 2.24) is 0 Å². The highest BCUT2D eigenvalue weighted by Gasteiger charge is 2.38. The minimum atomic E-state index is 0.466. The van der Waals surface area contributed by atoms with Crippen LogP contribution in [0.2, 0.25) is 0 Å². The molecule has 0 aliphatic heterocycles. The molecule has 4 fully saturated rings. The molecule has 30 heavy (non-hydrogen) atoms. The third-order valence-corrected chi connectivity index (χ3v) is 9.82. The molecular weight excluding hydrogens is 364 g/mol. The summed E-state index contributed by atoms with van der Waals surface area (Å²) in [5.74, 6) is 5.51. The molecule has 170 valence electrons. The molecule has 0 saturated heterocycles. The summed E-state index contributed by atoms with van der Waals surface area (Å²) in [5, 5.41) is 0. The maximum absolute atomic E-state index is 5.26. The van der Waals surface area contributed by atoms with Gasteiger partial charge in [0, 0.05) is 0 Å². The number of hydrogen-bond acceptors (Lipinski definition) is 2. The van der Waals surface area contributed by atoms with E-state index in [1.54, 1.807) is 0 Å². The number of rotatable bonds is 5. The third kappa shape index (κ3) is 5.04. The van der Waals surface area contributed by atoms with E-state index < -0.39 is 0 Å². The van der Waals surface area contributed by atoms with E-state index in [4.69, 9.17) is 9.98 Å². The molecule has 2 nitrogen and oxygen atoms in total. The Morgan fingerprint density at radius 3 is 1.33 bits per heavy atom. The molecule has 8 unspecified atom stereocenters. The summed E-state index contributed by atoms with van der Waals surface area (Å²) in [5.41, 5.74) is 2.42. The first-order chi connectivity index (χ1) is 14.5. The molecule has 2 heteroatoms. The fourth-order valence-corrected chi connectivity index (χ4v) is 8.16. The summed E-state index contributed by atoms with van der Waals surface area (Å²) in [6.07, 6.45) is 20.4. The van der Waals surface area contributed by atoms with Crippen molar-refractivity contribution in [3.63, 3.8) is 0 Å². The van der Waals surface area contributed by atoms with Crippen molar-refractivity contribution in [2.75, 3.05) is 0 Å². The maximum Gasteiger partial charge on any atom is 0.0528 e. The van der Waals surface area contributed by atoms with Crippen molar-refractivity contribution in [1.29, 1.82) is 0 Å². The van der Waals surface area contributed by atoms with Gasteiger partial charge in [0.2, 0.25) is 0 Å². The molecule has 0 bridgehead atoms. The molecule has 4 saturated carbocycles. The second-order valence-electron chi connectivity index (χ2n) is 11.5. The standard InChI is InChI=1S/C28H48N2/c1-19(29-21(3)25-17-9-13-23-11-5-7-15-27(23)25)20(2)30-22(4)26-18-10-14-24-12-6-8-16-28(24)26/h21-28H,5-18H2,1-4H3. The maximum atomic E-state index is 5.26. The van der Waals surface area contributed by atoms with Crippen LogP contribution >= 0.6 is 0 Å². The predicted molar refractivity (Wildman–Crippen MR) is 131 cm³/mol. The fourth-order valence-electron chi connectivity index (χ4n) is 8.16. The van der Waals surface area contributed by atoms with E-state index in [1.807, 2.05) is 0 Å². The molecule has 4 aliphatic rings. The highest BCUT2D eigenvalue weighted by Crippen LogP contribution is 2.46. The van der Waals surface area contributed by atoms with Gasteiger partial charge in [-0.3, -0.25) is 9.98 Å². The Bertz CT molecular complexity index is 562. The summed E-state index contributed by atoms with van der Waals surface area (Å²) in [4.78, 5) is 10.5. The van der Waals surface area contributed by atoms with Crippen molar-refractivity contribution >= 4 is 11.4 Å². The Morgan fingerprint density at radius 2 is 0.900 bits per heavy atom. The van der Waals surface area contributed by atoms with Gasteiger partial charge in [0.15, 0.2) is 0 Å². The number of nitrogens with zero attached hydrogens (tertiary/aromatic N) is 2. The van der Waals surface area contributed by atoms with E-state index in [9.17, 15) is 0 Å². The number of hydrogen-bond donors (Lipinski definition) is 0. The van der Waals surface area contributed by atoms with Gasteiger partial charge in [0.05, 0.1) is 23.5 Å². The lowest BCUT2D eigenvalue weighted by Gasteiger charge is -2.43. The normalized spacial score (nSPS) is 40.3. The molecule has 0 aromatic rings. The zero-order chi connectivity index (χ0) is 21.1. The van der Waals surface area contributed by atoms with Crippen LogP contribution in [0.3, 0.4) is 0 Å². The number of fused-ring (bicyclic) bond motifs is 2. The minimum absolute atomic E-state index is 0.466. The molecule has 0 spiro atoms. The molecule has 0 heterocycles. The monoisotopic (exact) mass is 412 g/mol. The largest absolute Gasteiger partial charge is 0.285 e. The Balaban J connectivity index is 1.40. The Kier molecular flexibility index (Phi) is 7.74. The van der Waals surface area contributed by atoms with Gasteiger partial charge in [-0.2, -0.15) is 0 Å². The first kappa shape index (κ1) is 22.5. The smallest absolute Gasteiger partial charge is 0.0528 e. The molecule has 4 rings (SSSR count). The SMILES string of the molecule is CC(=NC(C)C1CCCC2CCCCC21)C(C)=NC(C)C1CCCC2CCCCC21. The van der Waals surface area contributed by atoms with E-state index in [0.717, 1.165) is 35.5 Å². The van der Waals surface area contributed by atoms with Crippen LogP contribution in [0.1, 0.15) is 118 Å². The van der Waals surface area contributed by atoms with Crippen LogP contribution in [-0.4, -0.2) is 23.5 Å². The van der Waals surface area contributed by atoms with Crippen LogP contribution in [0.4, 0.5) is 0 Å². The summed E-state index contributed by atoms with van der Waals surface area (Å²) >= 11 is 0. The number of aliphatic imine (C=N–C) groups is 2. The van der Waals surface area contributed by atoms with Crippen molar-refractivity contribution in [2.24, 2.45) is 45.5 Å². The van der Waals surface area contributed by atoms with Crippen LogP contribution < -0.4 is 0 Å². The topological polar surface area (TPSA) is 24.7 Å². The molecule has 0 N–H and O–H groups in total. The van der Waals surface area contributed by atoms with Crippen LogP contribution in [0.5, 0.6) is 0 Å². The van der Waals surface area contributed by atoms with Gasteiger partial charge in [0.25, 0.3) is 0 Å². The molecule has 0 amide bonds. The summed E-state index contributed by atoms with van der Waals surface area (Å²) in [6.45, 7) is 9.26. The summed E-state index contributed by atoms with van der Waals surface area (Å²) < 4.78 is 0. The summed E-state index contributed by atoms with van der Waals surface area (Å²) in [7, 11) is 0. The van der Waals surface area contributed by atoms with Gasteiger partial charge in [-0.1, -0.05) is 64.2 Å². The molecule has 8 atom stereocenters. The van der Waals surface area contributed by atoms with Crippen LogP contribution in [0.25, 0.3) is 0 Å². The van der Waals surface area contributed by atoms with E-state index in [-0.39, 0.29) is 0 Å². The van der Waals surface area contributed by atoms with Gasteiger partial charge in [-0.05, 0) is 88.9 Å². The molecule has 0 aromatic carbocycles. The quantitative estimate of drug-likeness (QED) is 0.410. The Hall–Kier alpha value is -0.660. The second kappa shape index (κ2) is 10.3. The van der Waals surface area contributed by atoms with E-state index in [1.165, 1.54) is 101 Å². The van der Waals surface area contributed by atoms with Gasteiger partial charge in [-0.25, -0.2) is 0 Å². The lowest BCUT2D eigenvalue weighted by Crippen LogP contribution is -2.37. The van der Waals surface area contributed by atoms with Gasteiger partial charge in [-0.15, -0.1) is 0 Å². The minimum Gasteiger partial charge on any atom is -0.285 e. The van der Waals surface area contributed by atoms with Crippen molar-refractivity contribution in [3.8, 4) is 0 Å². The molecule has 0 radical (unpaired) electrons.